The lowest BCUT2D eigenvalue weighted by Crippen LogP contribution is -2.45. The first-order valence-electron chi connectivity index (χ1n) is 9.98. The molecule has 0 radical (unpaired) electrons. The van der Waals surface area contributed by atoms with E-state index in [1.165, 1.54) is 31.1 Å². The van der Waals surface area contributed by atoms with E-state index in [0.29, 0.717) is 11.8 Å². The van der Waals surface area contributed by atoms with Crippen molar-refractivity contribution in [3.63, 3.8) is 0 Å². The molecule has 26 heavy (non-hydrogen) atoms. The number of hydrogen-bond donors (Lipinski definition) is 1. The molecule has 4 aliphatic carbocycles. The molecule has 4 aliphatic rings. The molecule has 1 amide bonds. The molecule has 1 aromatic carbocycles. The molecule has 4 nitrogen and oxygen atoms in total. The topological polar surface area (TPSA) is 55.4 Å². The maximum absolute atomic E-state index is 13.4. The standard InChI is InChI=1S/C22H27NO3/c1-13-3-5-14(6-4-13)22(11-12-22)23-19(24)17-15-7-8-16(21(15)9-10-21)18(17)20(25)26-2/h3-6,15-18H,7-12H2,1-2H3,(H,23,24)/t15-,16+,17+,18+/m0/s1. The summed E-state index contributed by atoms with van der Waals surface area (Å²) in [6.07, 6.45) is 6.50. The third-order valence-corrected chi connectivity index (χ3v) is 7.84. The van der Waals surface area contributed by atoms with E-state index in [1.807, 2.05) is 0 Å². The molecule has 0 heterocycles. The lowest BCUT2D eigenvalue weighted by molar-refractivity contribution is -0.153. The first-order valence-corrected chi connectivity index (χ1v) is 9.98. The Balaban J connectivity index is 1.41. The Morgan fingerprint density at radius 2 is 1.62 bits per heavy atom. The second-order valence-corrected chi connectivity index (χ2v) is 9.04. The molecule has 4 atom stereocenters. The van der Waals surface area contributed by atoms with Crippen LogP contribution in [0, 0.1) is 36.0 Å². The van der Waals surface area contributed by atoms with Crippen molar-refractivity contribution in [3.05, 3.63) is 35.4 Å². The first-order chi connectivity index (χ1) is 12.5. The van der Waals surface area contributed by atoms with Gasteiger partial charge < -0.3 is 10.1 Å². The van der Waals surface area contributed by atoms with E-state index < -0.39 is 0 Å². The van der Waals surface area contributed by atoms with E-state index in [0.717, 1.165) is 25.7 Å². The van der Waals surface area contributed by atoms with Crippen LogP contribution in [-0.4, -0.2) is 19.0 Å². The quantitative estimate of drug-likeness (QED) is 0.845. The maximum atomic E-state index is 13.4. The molecule has 1 spiro atoms. The minimum Gasteiger partial charge on any atom is -0.469 e. The lowest BCUT2D eigenvalue weighted by Gasteiger charge is -2.30. The van der Waals surface area contributed by atoms with Crippen LogP contribution < -0.4 is 5.32 Å². The van der Waals surface area contributed by atoms with Crippen LogP contribution in [0.2, 0.25) is 0 Å². The lowest BCUT2D eigenvalue weighted by atomic mass is 9.78. The van der Waals surface area contributed by atoms with Crippen LogP contribution in [0.1, 0.15) is 49.7 Å². The minimum atomic E-state index is -0.241. The van der Waals surface area contributed by atoms with Gasteiger partial charge in [-0.1, -0.05) is 29.8 Å². The molecular formula is C22H27NO3. The molecule has 4 heteroatoms. The van der Waals surface area contributed by atoms with Crippen LogP contribution in [-0.2, 0) is 19.9 Å². The monoisotopic (exact) mass is 353 g/mol. The van der Waals surface area contributed by atoms with Crippen molar-refractivity contribution in [1.29, 1.82) is 0 Å². The first kappa shape index (κ1) is 16.3. The highest BCUT2D eigenvalue weighted by Gasteiger charge is 2.72. The summed E-state index contributed by atoms with van der Waals surface area (Å²) in [5, 5.41) is 3.36. The van der Waals surface area contributed by atoms with Gasteiger partial charge in [0.15, 0.2) is 0 Å². The van der Waals surface area contributed by atoms with Gasteiger partial charge in [0, 0.05) is 0 Å². The number of carbonyl (C=O) groups is 2. The molecule has 1 N–H and O–H groups in total. The Morgan fingerprint density at radius 1 is 1.00 bits per heavy atom. The zero-order valence-electron chi connectivity index (χ0n) is 15.6. The van der Waals surface area contributed by atoms with E-state index >= 15 is 0 Å². The predicted molar refractivity (Wildman–Crippen MR) is 97.1 cm³/mol. The zero-order chi connectivity index (χ0) is 18.1. The summed E-state index contributed by atoms with van der Waals surface area (Å²) in [5.74, 6) is 0.179. The number of benzene rings is 1. The SMILES string of the molecule is COC(=O)[C@H]1[C@H](C(=O)NC2(c3ccc(C)cc3)CC2)[C@@H]2CC[C@H]1C21CC1. The van der Waals surface area contributed by atoms with E-state index in [1.54, 1.807) is 0 Å². The Morgan fingerprint density at radius 3 is 2.15 bits per heavy atom. The average molecular weight is 353 g/mol. The van der Waals surface area contributed by atoms with Gasteiger partial charge in [0.1, 0.15) is 0 Å². The molecule has 0 aliphatic heterocycles. The van der Waals surface area contributed by atoms with Crippen LogP contribution in [0.5, 0.6) is 0 Å². The Hall–Kier alpha value is -1.84. The van der Waals surface area contributed by atoms with Crippen LogP contribution in [0.25, 0.3) is 0 Å². The van der Waals surface area contributed by atoms with Crippen LogP contribution in [0.15, 0.2) is 24.3 Å². The van der Waals surface area contributed by atoms with Gasteiger partial charge in [-0.3, -0.25) is 9.59 Å². The van der Waals surface area contributed by atoms with Crippen molar-refractivity contribution < 1.29 is 14.3 Å². The molecular weight excluding hydrogens is 326 g/mol. The molecule has 4 fully saturated rings. The smallest absolute Gasteiger partial charge is 0.309 e. The highest BCUT2D eigenvalue weighted by Crippen LogP contribution is 2.74. The fraction of sp³-hybridized carbons (Fsp3) is 0.636. The highest BCUT2D eigenvalue weighted by atomic mass is 16.5. The van der Waals surface area contributed by atoms with Crippen molar-refractivity contribution in [1.82, 2.24) is 5.32 Å². The normalized spacial score (nSPS) is 34.5. The van der Waals surface area contributed by atoms with Crippen LogP contribution >= 0.6 is 0 Å². The number of methoxy groups -OCH3 is 1. The predicted octanol–water partition coefficient (Wildman–Crippen LogP) is 3.33. The van der Waals surface area contributed by atoms with Crippen LogP contribution in [0.3, 0.4) is 0 Å². The summed E-state index contributed by atoms with van der Waals surface area (Å²) in [6.45, 7) is 2.08. The number of carbonyl (C=O) groups excluding carboxylic acids is 2. The summed E-state index contributed by atoms with van der Waals surface area (Å²) < 4.78 is 5.11. The van der Waals surface area contributed by atoms with Gasteiger partial charge in [-0.05, 0) is 68.3 Å². The summed E-state index contributed by atoms with van der Waals surface area (Å²) in [5.41, 5.74) is 2.46. The van der Waals surface area contributed by atoms with Crippen molar-refractivity contribution in [3.8, 4) is 0 Å². The van der Waals surface area contributed by atoms with E-state index in [9.17, 15) is 9.59 Å². The maximum Gasteiger partial charge on any atom is 0.309 e. The van der Waals surface area contributed by atoms with Gasteiger partial charge in [-0.25, -0.2) is 0 Å². The van der Waals surface area contributed by atoms with Gasteiger partial charge in [0.05, 0.1) is 24.5 Å². The fourth-order valence-corrected chi connectivity index (χ4v) is 6.27. The van der Waals surface area contributed by atoms with E-state index in [-0.39, 0.29) is 34.7 Å². The molecule has 138 valence electrons. The van der Waals surface area contributed by atoms with Crippen LogP contribution in [0.4, 0.5) is 0 Å². The van der Waals surface area contributed by atoms with Gasteiger partial charge in [-0.15, -0.1) is 0 Å². The number of aryl methyl sites for hydroxylation is 1. The molecule has 1 aromatic rings. The number of ether oxygens (including phenoxy) is 1. The number of hydrogen-bond acceptors (Lipinski definition) is 3. The third kappa shape index (κ3) is 2.14. The summed E-state index contributed by atoms with van der Waals surface area (Å²) in [7, 11) is 1.46. The van der Waals surface area contributed by atoms with Gasteiger partial charge in [0.2, 0.25) is 5.91 Å². The van der Waals surface area contributed by atoms with E-state index in [2.05, 4.69) is 36.5 Å². The zero-order valence-corrected chi connectivity index (χ0v) is 15.6. The number of nitrogens with one attached hydrogen (secondary N) is 1. The van der Waals surface area contributed by atoms with Crippen molar-refractivity contribution in [2.45, 2.75) is 51.0 Å². The van der Waals surface area contributed by atoms with E-state index in [4.69, 9.17) is 4.74 Å². The fourth-order valence-electron chi connectivity index (χ4n) is 6.27. The largest absolute Gasteiger partial charge is 0.469 e. The second kappa shape index (κ2) is 5.34. The summed E-state index contributed by atoms with van der Waals surface area (Å²) in [6, 6.07) is 8.47. The van der Waals surface area contributed by atoms with Crippen molar-refractivity contribution in [2.75, 3.05) is 7.11 Å². The highest BCUT2D eigenvalue weighted by molar-refractivity contribution is 5.88. The summed E-state index contributed by atoms with van der Waals surface area (Å²) >= 11 is 0. The minimum absolute atomic E-state index is 0.0805. The Labute approximate surface area is 154 Å². The summed E-state index contributed by atoms with van der Waals surface area (Å²) in [4.78, 5) is 25.9. The van der Waals surface area contributed by atoms with Crippen molar-refractivity contribution in [2.24, 2.45) is 29.1 Å². The molecule has 5 rings (SSSR count). The number of amides is 1. The van der Waals surface area contributed by atoms with Crippen molar-refractivity contribution >= 4 is 11.9 Å². The van der Waals surface area contributed by atoms with Gasteiger partial charge >= 0.3 is 5.97 Å². The Kier molecular flexibility index (Phi) is 3.35. The average Bonchev–Trinajstić information content (AvgIpc) is 3.54. The van der Waals surface area contributed by atoms with Gasteiger partial charge in [0.25, 0.3) is 0 Å². The Bertz CT molecular complexity index is 760. The molecule has 0 saturated heterocycles. The second-order valence-electron chi connectivity index (χ2n) is 9.04. The van der Waals surface area contributed by atoms with Gasteiger partial charge in [-0.2, -0.15) is 0 Å². The number of rotatable bonds is 4. The third-order valence-electron chi connectivity index (χ3n) is 7.84. The number of esters is 1. The molecule has 2 bridgehead atoms. The molecule has 0 unspecified atom stereocenters. The molecule has 0 aromatic heterocycles. The molecule has 4 saturated carbocycles.